The first kappa shape index (κ1) is 21.1. The monoisotopic (exact) mass is 379 g/mol. The van der Waals surface area contributed by atoms with Gasteiger partial charge < -0.3 is 19.7 Å². The molecule has 154 valence electrons. The number of carboxylic acids is 1. The summed E-state index contributed by atoms with van der Waals surface area (Å²) in [4.78, 5) is 11.5. The molecule has 3 aliphatic rings. The van der Waals surface area contributed by atoms with Crippen molar-refractivity contribution in [1.29, 1.82) is 0 Å². The van der Waals surface area contributed by atoms with E-state index in [1.54, 1.807) is 0 Å². The normalized spacial score (nSPS) is 43.7. The van der Waals surface area contributed by atoms with Crippen LogP contribution in [-0.2, 0) is 14.1 Å². The third-order valence-corrected chi connectivity index (χ3v) is 8.54. The summed E-state index contributed by atoms with van der Waals surface area (Å²) < 4.78 is 12.9. The molecule has 0 aromatic carbocycles. The maximum absolute atomic E-state index is 11.5. The Labute approximate surface area is 165 Å². The summed E-state index contributed by atoms with van der Waals surface area (Å²) in [6.45, 7) is 14.5. The number of carbonyl (C=O) groups is 1. The number of fused-ring (bicyclic) bond motifs is 1. The molecule has 0 spiro atoms. The molecule has 5 nitrogen and oxygen atoms in total. The minimum absolute atomic E-state index is 0.157. The highest BCUT2D eigenvalue weighted by Crippen LogP contribution is 2.55. The molecule has 27 heavy (non-hydrogen) atoms. The standard InChI is InChI=1S/C21H38BNO4/c1-7-15-13-16-21(6,14(2)19(15,3)4)27-22(26-16)11-8-9-20(5)10-12-23-17(20)18(24)25/h14-17,23H,7-13H2,1-6H3,(H,24,25)/t14-,15-,16+,17-,20-,21-/m1/s1. The van der Waals surface area contributed by atoms with E-state index < -0.39 is 12.0 Å². The maximum Gasteiger partial charge on any atom is 0.457 e. The Balaban J connectivity index is 1.59. The van der Waals surface area contributed by atoms with Crippen molar-refractivity contribution in [2.45, 2.75) is 97.7 Å². The molecule has 1 saturated carbocycles. The smallest absolute Gasteiger partial charge is 0.457 e. The van der Waals surface area contributed by atoms with Gasteiger partial charge in [0.05, 0.1) is 11.7 Å². The van der Waals surface area contributed by atoms with Gasteiger partial charge in [-0.2, -0.15) is 0 Å². The number of nitrogens with one attached hydrogen (secondary N) is 1. The minimum Gasteiger partial charge on any atom is -0.480 e. The van der Waals surface area contributed by atoms with E-state index in [9.17, 15) is 9.90 Å². The van der Waals surface area contributed by atoms with Crippen LogP contribution >= 0.6 is 0 Å². The number of carboxylic acid groups (broad SMARTS) is 1. The fraction of sp³-hybridized carbons (Fsp3) is 0.952. The zero-order valence-electron chi connectivity index (χ0n) is 18.0. The molecule has 0 radical (unpaired) electrons. The second kappa shape index (κ2) is 7.35. The van der Waals surface area contributed by atoms with Crippen LogP contribution in [0.5, 0.6) is 0 Å². The van der Waals surface area contributed by atoms with Crippen molar-refractivity contribution in [3.05, 3.63) is 0 Å². The van der Waals surface area contributed by atoms with Gasteiger partial charge in [0.15, 0.2) is 0 Å². The predicted octanol–water partition coefficient (Wildman–Crippen LogP) is 3.97. The molecule has 6 heteroatoms. The zero-order chi connectivity index (χ0) is 20.0. The van der Waals surface area contributed by atoms with Crippen LogP contribution in [0.4, 0.5) is 0 Å². The van der Waals surface area contributed by atoms with Gasteiger partial charge in [-0.3, -0.25) is 4.79 Å². The molecule has 3 rings (SSSR count). The molecule has 0 amide bonds. The molecule has 0 aromatic rings. The Morgan fingerprint density at radius 2 is 2.00 bits per heavy atom. The molecule has 6 atom stereocenters. The molecule has 3 fully saturated rings. The lowest BCUT2D eigenvalue weighted by molar-refractivity contribution is -0.141. The van der Waals surface area contributed by atoms with E-state index in [2.05, 4.69) is 46.9 Å². The molecule has 2 saturated heterocycles. The first-order valence-corrected chi connectivity index (χ1v) is 10.8. The molecule has 1 aliphatic carbocycles. The second-order valence-corrected chi connectivity index (χ2v) is 10.3. The van der Waals surface area contributed by atoms with Crippen LogP contribution < -0.4 is 5.32 Å². The van der Waals surface area contributed by atoms with Crippen molar-refractivity contribution in [3.8, 4) is 0 Å². The zero-order valence-corrected chi connectivity index (χ0v) is 18.0. The fourth-order valence-corrected chi connectivity index (χ4v) is 6.07. The summed E-state index contributed by atoms with van der Waals surface area (Å²) in [5.74, 6) is 0.364. The van der Waals surface area contributed by atoms with E-state index in [1.807, 2.05) is 0 Å². The van der Waals surface area contributed by atoms with E-state index in [4.69, 9.17) is 9.31 Å². The Morgan fingerprint density at radius 3 is 2.63 bits per heavy atom. The van der Waals surface area contributed by atoms with E-state index in [0.717, 1.165) is 38.5 Å². The van der Waals surface area contributed by atoms with Crippen LogP contribution in [0.3, 0.4) is 0 Å². The second-order valence-electron chi connectivity index (χ2n) is 10.3. The summed E-state index contributed by atoms with van der Waals surface area (Å²) in [6.07, 6.45) is 6.01. The van der Waals surface area contributed by atoms with Crippen LogP contribution in [0.2, 0.25) is 6.32 Å². The molecule has 0 bridgehead atoms. The van der Waals surface area contributed by atoms with Crippen molar-refractivity contribution in [2.75, 3.05) is 6.54 Å². The van der Waals surface area contributed by atoms with E-state index in [-0.39, 0.29) is 29.7 Å². The Kier molecular flexibility index (Phi) is 5.75. The molecule has 0 unspecified atom stereocenters. The minimum atomic E-state index is -0.733. The van der Waals surface area contributed by atoms with Gasteiger partial charge in [0.2, 0.25) is 0 Å². The van der Waals surface area contributed by atoms with Gasteiger partial charge in [0.1, 0.15) is 6.04 Å². The lowest BCUT2D eigenvalue weighted by Crippen LogP contribution is -2.56. The van der Waals surface area contributed by atoms with E-state index >= 15 is 0 Å². The number of hydrogen-bond acceptors (Lipinski definition) is 4. The maximum atomic E-state index is 11.5. The van der Waals surface area contributed by atoms with Crippen LogP contribution in [-0.4, -0.2) is 42.5 Å². The average Bonchev–Trinajstić information content (AvgIpc) is 3.12. The lowest BCUT2D eigenvalue weighted by atomic mass is 9.56. The summed E-state index contributed by atoms with van der Waals surface area (Å²) in [6, 6.07) is -0.436. The van der Waals surface area contributed by atoms with Crippen molar-refractivity contribution >= 4 is 13.1 Å². The number of aliphatic carboxylic acids is 1. The lowest BCUT2D eigenvalue weighted by Gasteiger charge is -2.54. The van der Waals surface area contributed by atoms with Gasteiger partial charge in [0.25, 0.3) is 0 Å². The third-order valence-electron chi connectivity index (χ3n) is 8.54. The van der Waals surface area contributed by atoms with Gasteiger partial charge in [-0.05, 0) is 61.7 Å². The summed E-state index contributed by atoms with van der Waals surface area (Å²) in [5.41, 5.74) is -0.151. The fourth-order valence-electron chi connectivity index (χ4n) is 6.07. The van der Waals surface area contributed by atoms with E-state index in [0.29, 0.717) is 11.8 Å². The van der Waals surface area contributed by atoms with Crippen LogP contribution in [0.25, 0.3) is 0 Å². The average molecular weight is 379 g/mol. The van der Waals surface area contributed by atoms with Crippen LogP contribution in [0, 0.1) is 22.7 Å². The highest BCUT2D eigenvalue weighted by atomic mass is 16.7. The molecule has 2 N–H and O–H groups in total. The number of hydrogen-bond donors (Lipinski definition) is 2. The molecule has 0 aromatic heterocycles. The first-order chi connectivity index (χ1) is 12.5. The largest absolute Gasteiger partial charge is 0.480 e. The van der Waals surface area contributed by atoms with Gasteiger partial charge in [-0.25, -0.2) is 0 Å². The van der Waals surface area contributed by atoms with Gasteiger partial charge >= 0.3 is 13.1 Å². The number of rotatable bonds is 6. The van der Waals surface area contributed by atoms with Gasteiger partial charge in [0, 0.05) is 0 Å². The molecule has 2 aliphatic heterocycles. The molecule has 2 heterocycles. The Bertz CT molecular complexity index is 570. The van der Waals surface area contributed by atoms with Crippen LogP contribution in [0.15, 0.2) is 0 Å². The third kappa shape index (κ3) is 3.58. The highest BCUT2D eigenvalue weighted by molar-refractivity contribution is 6.45. The van der Waals surface area contributed by atoms with Crippen molar-refractivity contribution in [1.82, 2.24) is 5.32 Å². The molecular weight excluding hydrogens is 341 g/mol. The Hall–Kier alpha value is -0.585. The highest BCUT2D eigenvalue weighted by Gasteiger charge is 2.59. The Morgan fingerprint density at radius 1 is 1.30 bits per heavy atom. The van der Waals surface area contributed by atoms with Crippen LogP contribution in [0.1, 0.15) is 73.6 Å². The SMILES string of the molecule is CC[C@@H]1C[C@@H]2OB(CCC[C@]3(C)CCN[C@@H]3C(=O)O)O[C@]2(C)[C@H](C)C1(C)C. The summed E-state index contributed by atoms with van der Waals surface area (Å²) >= 11 is 0. The quantitative estimate of drug-likeness (QED) is 0.684. The van der Waals surface area contributed by atoms with Crippen molar-refractivity contribution < 1.29 is 19.2 Å². The van der Waals surface area contributed by atoms with Crippen molar-refractivity contribution in [2.24, 2.45) is 22.7 Å². The molecular formula is C21H38BNO4. The predicted molar refractivity (Wildman–Crippen MR) is 108 cm³/mol. The van der Waals surface area contributed by atoms with Crippen molar-refractivity contribution in [3.63, 3.8) is 0 Å². The summed E-state index contributed by atoms with van der Waals surface area (Å²) in [7, 11) is -0.157. The topological polar surface area (TPSA) is 67.8 Å². The first-order valence-electron chi connectivity index (χ1n) is 10.8. The summed E-state index contributed by atoms with van der Waals surface area (Å²) in [5, 5.41) is 12.6. The van der Waals surface area contributed by atoms with E-state index in [1.165, 1.54) is 6.42 Å². The van der Waals surface area contributed by atoms with Gasteiger partial charge in [-0.1, -0.05) is 47.5 Å². The van der Waals surface area contributed by atoms with Gasteiger partial charge in [-0.15, -0.1) is 0 Å².